The van der Waals surface area contributed by atoms with Crippen LogP contribution in [0.2, 0.25) is 0 Å². The van der Waals surface area contributed by atoms with Crippen LogP contribution in [0.15, 0.2) is 55.2 Å². The van der Waals surface area contributed by atoms with E-state index in [1.165, 1.54) is 0 Å². The van der Waals surface area contributed by atoms with Crippen molar-refractivity contribution < 1.29 is 4.79 Å². The van der Waals surface area contributed by atoms with Gasteiger partial charge in [-0.1, -0.05) is 26.8 Å². The van der Waals surface area contributed by atoms with Crippen molar-refractivity contribution in [3.05, 3.63) is 60.8 Å². The van der Waals surface area contributed by atoms with Gasteiger partial charge >= 0.3 is 0 Å². The minimum atomic E-state index is -0.418. The second-order valence-electron chi connectivity index (χ2n) is 10.1. The number of carbonyl (C=O) groups is 1. The van der Waals surface area contributed by atoms with E-state index < -0.39 is 5.41 Å². The van der Waals surface area contributed by atoms with Crippen LogP contribution in [0.4, 0.5) is 5.82 Å². The van der Waals surface area contributed by atoms with E-state index >= 15 is 0 Å². The molecule has 182 valence electrons. The maximum Gasteiger partial charge on any atom is 0.228 e. The van der Waals surface area contributed by atoms with Gasteiger partial charge in [0.25, 0.3) is 0 Å². The zero-order valence-electron chi connectivity index (χ0n) is 20.9. The van der Waals surface area contributed by atoms with Crippen molar-refractivity contribution in [1.29, 1.82) is 5.26 Å². The molecule has 5 rings (SSSR count). The molecule has 0 saturated carbocycles. The number of pyridine rings is 2. The van der Waals surface area contributed by atoms with Crippen LogP contribution in [-0.2, 0) is 4.79 Å². The minimum absolute atomic E-state index is 0.0584. The molecule has 0 spiro atoms. The van der Waals surface area contributed by atoms with Gasteiger partial charge in [-0.2, -0.15) is 5.26 Å². The lowest BCUT2D eigenvalue weighted by Gasteiger charge is -2.42. The second-order valence-corrected chi connectivity index (χ2v) is 10.1. The zero-order valence-corrected chi connectivity index (χ0v) is 20.9. The standard InChI is InChI=1S/C27H28N8O/c1-18-15-33(26(36)27(2,3)4)11-12-34(18)24-23-20(21-7-5-6-9-29-21)16-35(25(23)32-17-31-24)22-13-19(14-28)8-10-30-22/h5-10,13,16-18H,11-12,15H2,1-4H3/t18-/m0/s1. The number of nitrogens with zero attached hydrogens (tertiary/aromatic N) is 8. The minimum Gasteiger partial charge on any atom is -0.350 e. The van der Waals surface area contributed by atoms with Crippen molar-refractivity contribution in [2.45, 2.75) is 33.7 Å². The van der Waals surface area contributed by atoms with Crippen molar-refractivity contribution in [2.75, 3.05) is 24.5 Å². The molecule has 1 atom stereocenters. The van der Waals surface area contributed by atoms with Gasteiger partial charge in [0.2, 0.25) is 5.91 Å². The number of rotatable bonds is 3. The van der Waals surface area contributed by atoms with Crippen molar-refractivity contribution in [3.63, 3.8) is 0 Å². The number of piperazine rings is 1. The van der Waals surface area contributed by atoms with E-state index in [9.17, 15) is 10.1 Å². The molecule has 1 saturated heterocycles. The van der Waals surface area contributed by atoms with E-state index in [2.05, 4.69) is 32.8 Å². The average Bonchev–Trinajstić information content (AvgIpc) is 3.28. The van der Waals surface area contributed by atoms with Gasteiger partial charge in [-0.3, -0.25) is 14.3 Å². The van der Waals surface area contributed by atoms with Gasteiger partial charge in [-0.25, -0.2) is 15.0 Å². The van der Waals surface area contributed by atoms with E-state index in [4.69, 9.17) is 4.98 Å². The number of hydrogen-bond donors (Lipinski definition) is 0. The van der Waals surface area contributed by atoms with Gasteiger partial charge in [-0.15, -0.1) is 0 Å². The molecule has 9 nitrogen and oxygen atoms in total. The summed E-state index contributed by atoms with van der Waals surface area (Å²) in [6, 6.07) is 11.4. The Morgan fingerprint density at radius 2 is 1.92 bits per heavy atom. The van der Waals surface area contributed by atoms with Crippen LogP contribution in [0, 0.1) is 16.7 Å². The fraction of sp³-hybridized carbons (Fsp3) is 0.333. The lowest BCUT2D eigenvalue weighted by atomic mass is 9.94. The molecular formula is C27H28N8O. The largest absolute Gasteiger partial charge is 0.350 e. The lowest BCUT2D eigenvalue weighted by Crippen LogP contribution is -2.56. The summed E-state index contributed by atoms with van der Waals surface area (Å²) in [5, 5.41) is 10.3. The number of anilines is 1. The van der Waals surface area contributed by atoms with Crippen LogP contribution in [0.3, 0.4) is 0 Å². The molecule has 5 heterocycles. The van der Waals surface area contributed by atoms with Crippen molar-refractivity contribution in [1.82, 2.24) is 29.4 Å². The first-order chi connectivity index (χ1) is 17.3. The van der Waals surface area contributed by atoms with E-state index in [0.717, 1.165) is 22.5 Å². The molecule has 1 fully saturated rings. The maximum absolute atomic E-state index is 12.9. The molecule has 0 radical (unpaired) electrons. The summed E-state index contributed by atoms with van der Waals surface area (Å²) in [5.41, 5.74) is 2.46. The average molecular weight is 481 g/mol. The maximum atomic E-state index is 12.9. The molecule has 1 aliphatic rings. The van der Waals surface area contributed by atoms with Crippen LogP contribution in [-0.4, -0.2) is 61.0 Å². The van der Waals surface area contributed by atoms with Crippen LogP contribution in [0.1, 0.15) is 33.3 Å². The van der Waals surface area contributed by atoms with Crippen molar-refractivity contribution in [3.8, 4) is 23.1 Å². The number of carbonyl (C=O) groups excluding carboxylic acids is 1. The summed E-state index contributed by atoms with van der Waals surface area (Å²) < 4.78 is 1.88. The third kappa shape index (κ3) is 4.15. The molecule has 4 aromatic heterocycles. The third-order valence-corrected chi connectivity index (χ3v) is 6.45. The van der Waals surface area contributed by atoms with Crippen LogP contribution < -0.4 is 4.90 Å². The lowest BCUT2D eigenvalue weighted by molar-refractivity contribution is -0.140. The topological polar surface area (TPSA) is 104 Å². The Hall–Kier alpha value is -4.32. The molecule has 0 bridgehead atoms. The van der Waals surface area contributed by atoms with E-state index in [1.54, 1.807) is 30.9 Å². The summed E-state index contributed by atoms with van der Waals surface area (Å²) in [4.78, 5) is 35.5. The van der Waals surface area contributed by atoms with Gasteiger partial charge in [0.05, 0.1) is 22.7 Å². The van der Waals surface area contributed by atoms with Crippen LogP contribution in [0.25, 0.3) is 28.1 Å². The Morgan fingerprint density at radius 1 is 1.08 bits per heavy atom. The van der Waals surface area contributed by atoms with Gasteiger partial charge in [0.1, 0.15) is 18.0 Å². The molecule has 0 aromatic carbocycles. The quantitative estimate of drug-likeness (QED) is 0.439. The van der Waals surface area contributed by atoms with Gasteiger partial charge in [0.15, 0.2) is 5.65 Å². The number of aromatic nitrogens is 5. The Morgan fingerprint density at radius 3 is 2.61 bits per heavy atom. The van der Waals surface area contributed by atoms with E-state index in [-0.39, 0.29) is 11.9 Å². The fourth-order valence-corrected chi connectivity index (χ4v) is 4.71. The molecule has 36 heavy (non-hydrogen) atoms. The zero-order chi connectivity index (χ0) is 25.4. The smallest absolute Gasteiger partial charge is 0.228 e. The molecule has 9 heteroatoms. The number of fused-ring (bicyclic) bond motifs is 1. The highest BCUT2D eigenvalue weighted by atomic mass is 16.2. The fourth-order valence-electron chi connectivity index (χ4n) is 4.71. The molecular weight excluding hydrogens is 452 g/mol. The summed E-state index contributed by atoms with van der Waals surface area (Å²) in [6.07, 6.45) is 6.90. The monoisotopic (exact) mass is 480 g/mol. The third-order valence-electron chi connectivity index (χ3n) is 6.45. The number of hydrogen-bond acceptors (Lipinski definition) is 7. The van der Waals surface area contributed by atoms with Crippen molar-refractivity contribution in [2.24, 2.45) is 5.41 Å². The highest BCUT2D eigenvalue weighted by molar-refractivity contribution is 6.01. The van der Waals surface area contributed by atoms with E-state index in [1.807, 2.05) is 54.6 Å². The van der Waals surface area contributed by atoms with Gasteiger partial charge in [0, 0.05) is 55.2 Å². The molecule has 0 N–H and O–H groups in total. The molecule has 0 unspecified atom stereocenters. The van der Waals surface area contributed by atoms with Crippen LogP contribution in [0.5, 0.6) is 0 Å². The molecule has 1 aliphatic heterocycles. The Bertz CT molecular complexity index is 1460. The highest BCUT2D eigenvalue weighted by Gasteiger charge is 2.34. The summed E-state index contributed by atoms with van der Waals surface area (Å²) in [7, 11) is 0. The normalized spacial score (nSPS) is 16.2. The summed E-state index contributed by atoms with van der Waals surface area (Å²) in [5.74, 6) is 1.55. The predicted molar refractivity (Wildman–Crippen MR) is 137 cm³/mol. The number of nitriles is 1. The highest BCUT2D eigenvalue weighted by Crippen LogP contribution is 2.37. The van der Waals surface area contributed by atoms with E-state index in [0.29, 0.717) is 36.7 Å². The van der Waals surface area contributed by atoms with Gasteiger partial charge < -0.3 is 9.80 Å². The first-order valence-corrected chi connectivity index (χ1v) is 12.0. The molecule has 0 aliphatic carbocycles. The number of amides is 1. The van der Waals surface area contributed by atoms with Crippen LogP contribution >= 0.6 is 0 Å². The van der Waals surface area contributed by atoms with Crippen molar-refractivity contribution >= 4 is 22.8 Å². The Labute approximate surface area is 210 Å². The summed E-state index contributed by atoms with van der Waals surface area (Å²) >= 11 is 0. The Kier molecular flexibility index (Phi) is 5.88. The Balaban J connectivity index is 1.64. The first kappa shape index (κ1) is 23.4. The SMILES string of the molecule is C[C@H]1CN(C(=O)C(C)(C)C)CCN1c1ncnc2c1c(-c1ccccn1)cn2-c1cc(C#N)ccn1. The molecule has 4 aromatic rings. The summed E-state index contributed by atoms with van der Waals surface area (Å²) in [6.45, 7) is 9.88. The van der Waals surface area contributed by atoms with Gasteiger partial charge in [-0.05, 0) is 31.2 Å². The second kappa shape index (κ2) is 9.04. The predicted octanol–water partition coefficient (Wildman–Crippen LogP) is 3.83. The first-order valence-electron chi connectivity index (χ1n) is 12.0. The molecule has 1 amide bonds.